The second-order valence-electron chi connectivity index (χ2n) is 3.60. The molecule has 5 heteroatoms. The fraction of sp³-hybridized carbons (Fsp3) is 0.0769. The lowest BCUT2D eigenvalue weighted by Gasteiger charge is -2.10. The molecule has 1 aromatic carbocycles. The van der Waals surface area contributed by atoms with Gasteiger partial charge in [-0.3, -0.25) is 4.79 Å². The monoisotopic (exact) mass is 245 g/mol. The van der Waals surface area contributed by atoms with E-state index < -0.39 is 5.82 Å². The third kappa shape index (κ3) is 2.63. The maximum Gasteiger partial charge on any atom is 0.248 e. The molecule has 1 amide bonds. The Morgan fingerprint density at radius 3 is 3.00 bits per heavy atom. The summed E-state index contributed by atoms with van der Waals surface area (Å²) in [4.78, 5) is 11.5. The highest BCUT2D eigenvalue weighted by atomic mass is 19.1. The highest BCUT2D eigenvalue weighted by Gasteiger charge is 2.08. The zero-order chi connectivity index (χ0) is 13.0. The number of carbonyl (C=O) groups is 1. The number of nitrogens with zero attached hydrogens (tertiary/aromatic N) is 2. The van der Waals surface area contributed by atoms with Crippen molar-refractivity contribution in [3.63, 3.8) is 0 Å². The Morgan fingerprint density at radius 1 is 1.50 bits per heavy atom. The number of nitrogens with one attached hydrogen (secondary N) is 1. The van der Waals surface area contributed by atoms with Crippen LogP contribution in [0.1, 0.15) is 6.92 Å². The molecule has 0 fully saturated rings. The van der Waals surface area contributed by atoms with E-state index >= 15 is 0 Å². The summed E-state index contributed by atoms with van der Waals surface area (Å²) < 4.78 is 14.8. The quantitative estimate of drug-likeness (QED) is 0.844. The molecule has 0 radical (unpaired) electrons. The predicted molar refractivity (Wildman–Crippen MR) is 67.0 cm³/mol. The van der Waals surface area contributed by atoms with Gasteiger partial charge >= 0.3 is 0 Å². The lowest BCUT2D eigenvalue weighted by atomic mass is 10.2. The van der Waals surface area contributed by atoms with Gasteiger partial charge in [-0.25, -0.2) is 9.07 Å². The highest BCUT2D eigenvalue weighted by molar-refractivity contribution is 6.00. The third-order valence-corrected chi connectivity index (χ3v) is 2.29. The number of benzene rings is 1. The minimum absolute atomic E-state index is 0.309. The van der Waals surface area contributed by atoms with Gasteiger partial charge in [0.05, 0.1) is 11.4 Å². The van der Waals surface area contributed by atoms with E-state index in [1.165, 1.54) is 18.2 Å². The number of hydrogen-bond acceptors (Lipinski definition) is 2. The molecule has 4 nitrogen and oxygen atoms in total. The van der Waals surface area contributed by atoms with Crippen LogP contribution < -0.4 is 5.32 Å². The van der Waals surface area contributed by atoms with Crippen molar-refractivity contribution in [3.05, 3.63) is 54.6 Å². The van der Waals surface area contributed by atoms with Crippen LogP contribution in [-0.2, 0) is 4.79 Å². The largest absolute Gasteiger partial charge is 0.321 e. The van der Waals surface area contributed by atoms with E-state index in [9.17, 15) is 9.18 Å². The second kappa shape index (κ2) is 5.27. The maximum atomic E-state index is 13.2. The third-order valence-electron chi connectivity index (χ3n) is 2.29. The molecule has 92 valence electrons. The number of amides is 1. The molecule has 1 N–H and O–H groups in total. The average molecular weight is 245 g/mol. The summed E-state index contributed by atoms with van der Waals surface area (Å²) in [5, 5.41) is 6.67. The number of halogens is 1. The normalized spacial score (nSPS) is 10.8. The van der Waals surface area contributed by atoms with Crippen molar-refractivity contribution in [2.24, 2.45) is 0 Å². The number of hydrogen-bond donors (Lipinski definition) is 1. The van der Waals surface area contributed by atoms with Crippen molar-refractivity contribution >= 4 is 11.6 Å². The van der Waals surface area contributed by atoms with Crippen LogP contribution in [0.25, 0.3) is 5.69 Å². The van der Waals surface area contributed by atoms with E-state index in [1.807, 2.05) is 0 Å². The summed E-state index contributed by atoms with van der Waals surface area (Å²) in [6, 6.07) is 5.90. The van der Waals surface area contributed by atoms with Crippen LogP contribution >= 0.6 is 0 Å². The fourth-order valence-electron chi connectivity index (χ4n) is 1.55. The Balaban J connectivity index is 2.38. The van der Waals surface area contributed by atoms with E-state index in [4.69, 9.17) is 0 Å². The first-order valence-electron chi connectivity index (χ1n) is 5.44. The number of allylic oxidation sites excluding steroid dienone is 1. The highest BCUT2D eigenvalue weighted by Crippen LogP contribution is 2.20. The van der Waals surface area contributed by atoms with Crippen LogP contribution in [0.3, 0.4) is 0 Å². The first-order chi connectivity index (χ1) is 8.70. The van der Waals surface area contributed by atoms with Gasteiger partial charge in [-0.1, -0.05) is 6.08 Å². The van der Waals surface area contributed by atoms with Crippen molar-refractivity contribution in [1.29, 1.82) is 0 Å². The lowest BCUT2D eigenvalue weighted by Crippen LogP contribution is -2.11. The van der Waals surface area contributed by atoms with Crippen LogP contribution in [0.15, 0.2) is 48.8 Å². The Hall–Kier alpha value is -2.43. The van der Waals surface area contributed by atoms with Gasteiger partial charge in [0.1, 0.15) is 5.82 Å². The molecule has 0 aliphatic rings. The molecule has 0 saturated carbocycles. The molecule has 0 spiro atoms. The molecule has 0 aliphatic heterocycles. The number of carbonyl (C=O) groups excluding carboxylic acids is 1. The molecule has 1 heterocycles. The van der Waals surface area contributed by atoms with Gasteiger partial charge in [0.15, 0.2) is 0 Å². The summed E-state index contributed by atoms with van der Waals surface area (Å²) in [5.41, 5.74) is 0.987. The number of aromatic nitrogens is 2. The van der Waals surface area contributed by atoms with E-state index in [2.05, 4.69) is 10.4 Å². The van der Waals surface area contributed by atoms with Gasteiger partial charge in [0, 0.05) is 12.4 Å². The molecule has 0 bridgehead atoms. The number of anilines is 1. The Bertz CT molecular complexity index is 576. The van der Waals surface area contributed by atoms with E-state index in [0.717, 1.165) is 0 Å². The fourth-order valence-corrected chi connectivity index (χ4v) is 1.55. The van der Waals surface area contributed by atoms with Crippen LogP contribution in [0.5, 0.6) is 0 Å². The van der Waals surface area contributed by atoms with Crippen molar-refractivity contribution in [2.45, 2.75) is 6.92 Å². The summed E-state index contributed by atoms with van der Waals surface area (Å²) in [6.45, 7) is 1.74. The zero-order valence-corrected chi connectivity index (χ0v) is 9.80. The SMILES string of the molecule is CC=CC(=O)Nc1cc(F)ccc1-n1cccn1. The standard InChI is InChI=1S/C13H12FN3O/c1-2-4-13(18)16-11-9-10(14)5-6-12(11)17-8-3-7-15-17/h2-9H,1H3,(H,16,18). The van der Waals surface area contributed by atoms with E-state index in [0.29, 0.717) is 11.4 Å². The zero-order valence-electron chi connectivity index (χ0n) is 9.80. The van der Waals surface area contributed by atoms with Crippen LogP contribution in [0.4, 0.5) is 10.1 Å². The molecule has 0 saturated heterocycles. The molecule has 2 rings (SSSR count). The molecule has 2 aromatic rings. The molecule has 1 aromatic heterocycles. The van der Waals surface area contributed by atoms with Crippen molar-refractivity contribution in [3.8, 4) is 5.69 Å². The van der Waals surface area contributed by atoms with Gasteiger partial charge in [0.2, 0.25) is 5.91 Å². The van der Waals surface area contributed by atoms with Crippen molar-refractivity contribution < 1.29 is 9.18 Å². The molecule has 0 aliphatic carbocycles. The van der Waals surface area contributed by atoms with Crippen LogP contribution in [0.2, 0.25) is 0 Å². The molecular weight excluding hydrogens is 233 g/mol. The average Bonchev–Trinajstić information content (AvgIpc) is 2.83. The summed E-state index contributed by atoms with van der Waals surface area (Å²) in [5.74, 6) is -0.724. The topological polar surface area (TPSA) is 46.9 Å². The summed E-state index contributed by atoms with van der Waals surface area (Å²) >= 11 is 0. The van der Waals surface area contributed by atoms with Crippen LogP contribution in [0, 0.1) is 5.82 Å². The minimum atomic E-state index is -0.415. The molecule has 0 unspecified atom stereocenters. The van der Waals surface area contributed by atoms with Gasteiger partial charge in [-0.05, 0) is 37.3 Å². The smallest absolute Gasteiger partial charge is 0.248 e. The lowest BCUT2D eigenvalue weighted by molar-refractivity contribution is -0.111. The molecule has 18 heavy (non-hydrogen) atoms. The minimum Gasteiger partial charge on any atom is -0.321 e. The van der Waals surface area contributed by atoms with Gasteiger partial charge in [0.25, 0.3) is 0 Å². The summed E-state index contributed by atoms with van der Waals surface area (Å²) in [6.07, 6.45) is 6.32. The Kier molecular flexibility index (Phi) is 3.52. The van der Waals surface area contributed by atoms with Crippen molar-refractivity contribution in [1.82, 2.24) is 9.78 Å². The van der Waals surface area contributed by atoms with E-state index in [-0.39, 0.29) is 5.91 Å². The second-order valence-corrected chi connectivity index (χ2v) is 3.60. The van der Waals surface area contributed by atoms with Gasteiger partial charge in [-0.15, -0.1) is 0 Å². The van der Waals surface area contributed by atoms with Gasteiger partial charge in [-0.2, -0.15) is 5.10 Å². The molecule has 0 atom stereocenters. The van der Waals surface area contributed by atoms with Crippen molar-refractivity contribution in [2.75, 3.05) is 5.32 Å². The first-order valence-corrected chi connectivity index (χ1v) is 5.44. The summed E-state index contributed by atoms with van der Waals surface area (Å²) in [7, 11) is 0. The molecular formula is C13H12FN3O. The Labute approximate surface area is 104 Å². The van der Waals surface area contributed by atoms with E-state index in [1.54, 1.807) is 42.2 Å². The first kappa shape index (κ1) is 12.0. The predicted octanol–water partition coefficient (Wildman–Crippen LogP) is 2.53. The van der Waals surface area contributed by atoms with Crippen LogP contribution in [-0.4, -0.2) is 15.7 Å². The van der Waals surface area contributed by atoms with Gasteiger partial charge < -0.3 is 5.32 Å². The Morgan fingerprint density at radius 2 is 2.33 bits per heavy atom. The number of rotatable bonds is 3. The maximum absolute atomic E-state index is 13.2.